The van der Waals surface area contributed by atoms with Crippen LogP contribution in [0.15, 0.2) is 30.5 Å². The molecule has 0 bridgehead atoms. The summed E-state index contributed by atoms with van der Waals surface area (Å²) in [6.07, 6.45) is 3.96. The van der Waals surface area contributed by atoms with Gasteiger partial charge < -0.3 is 5.32 Å². The third-order valence-corrected chi connectivity index (χ3v) is 5.29. The van der Waals surface area contributed by atoms with Crippen molar-refractivity contribution in [3.05, 3.63) is 59.0 Å². The molecule has 27 heavy (non-hydrogen) atoms. The Labute approximate surface area is 157 Å². The Bertz CT molecular complexity index is 968. The zero-order chi connectivity index (χ0) is 19.0. The van der Waals surface area contributed by atoms with Crippen LogP contribution in [-0.2, 0) is 6.54 Å². The first-order valence-corrected chi connectivity index (χ1v) is 9.25. The maximum Gasteiger partial charge on any atom is 0.179 e. The lowest BCUT2D eigenvalue weighted by molar-refractivity contribution is 0.197. The number of anilines is 1. The Morgan fingerprint density at radius 2 is 2.07 bits per heavy atom. The van der Waals surface area contributed by atoms with Crippen molar-refractivity contribution in [2.45, 2.75) is 32.2 Å². The first-order valence-electron chi connectivity index (χ1n) is 9.25. The molecule has 0 radical (unpaired) electrons. The van der Waals surface area contributed by atoms with Crippen molar-refractivity contribution < 1.29 is 8.78 Å². The number of rotatable bonds is 4. The quantitative estimate of drug-likeness (QED) is 0.759. The van der Waals surface area contributed by atoms with Crippen molar-refractivity contribution in [3.8, 4) is 0 Å². The van der Waals surface area contributed by atoms with Gasteiger partial charge in [-0.2, -0.15) is 5.10 Å². The molecule has 3 heterocycles. The van der Waals surface area contributed by atoms with E-state index in [-0.39, 0.29) is 0 Å². The average molecular weight is 371 g/mol. The number of likely N-dealkylation sites (tertiary alicyclic amines) is 1. The van der Waals surface area contributed by atoms with Gasteiger partial charge in [-0.3, -0.25) is 4.90 Å². The Hall–Kier alpha value is -2.54. The number of nitrogens with zero attached hydrogens (tertiary/aromatic N) is 4. The van der Waals surface area contributed by atoms with Crippen molar-refractivity contribution in [2.24, 2.45) is 0 Å². The van der Waals surface area contributed by atoms with Gasteiger partial charge in [0.05, 0.1) is 11.4 Å². The number of hydrogen-bond donors (Lipinski definition) is 1. The molecule has 0 amide bonds. The molecule has 4 rings (SSSR count). The Morgan fingerprint density at radius 1 is 1.22 bits per heavy atom. The lowest BCUT2D eigenvalue weighted by atomic mass is 9.94. The zero-order valence-corrected chi connectivity index (χ0v) is 15.5. The molecular formula is C20H23F2N5. The molecule has 1 unspecified atom stereocenters. The van der Waals surface area contributed by atoms with Crippen LogP contribution in [0, 0.1) is 18.6 Å². The highest BCUT2D eigenvalue weighted by molar-refractivity contribution is 5.70. The van der Waals surface area contributed by atoms with E-state index in [1.54, 1.807) is 6.07 Å². The Morgan fingerprint density at radius 3 is 2.85 bits per heavy atom. The van der Waals surface area contributed by atoms with Gasteiger partial charge in [0.15, 0.2) is 17.3 Å². The van der Waals surface area contributed by atoms with Gasteiger partial charge in [0.25, 0.3) is 0 Å². The van der Waals surface area contributed by atoms with Crippen molar-refractivity contribution in [3.63, 3.8) is 0 Å². The van der Waals surface area contributed by atoms with Crippen LogP contribution in [0.4, 0.5) is 14.5 Å². The molecule has 1 aliphatic heterocycles. The highest BCUT2D eigenvalue weighted by atomic mass is 19.2. The largest absolute Gasteiger partial charge is 0.384 e. The smallest absolute Gasteiger partial charge is 0.179 e. The summed E-state index contributed by atoms with van der Waals surface area (Å²) in [5.41, 5.74) is 4.64. The van der Waals surface area contributed by atoms with E-state index in [9.17, 15) is 8.78 Å². The second kappa shape index (κ2) is 7.23. The number of nitrogens with one attached hydrogen (secondary N) is 1. The summed E-state index contributed by atoms with van der Waals surface area (Å²) >= 11 is 0. The van der Waals surface area contributed by atoms with Crippen LogP contribution in [0.2, 0.25) is 0 Å². The summed E-state index contributed by atoms with van der Waals surface area (Å²) in [4.78, 5) is 6.77. The van der Waals surface area contributed by atoms with Gasteiger partial charge in [0.1, 0.15) is 5.69 Å². The van der Waals surface area contributed by atoms with E-state index in [1.807, 2.05) is 30.8 Å². The van der Waals surface area contributed by atoms with Gasteiger partial charge in [-0.05, 0) is 50.1 Å². The van der Waals surface area contributed by atoms with Gasteiger partial charge in [0.2, 0.25) is 0 Å². The molecule has 3 aromatic rings. The zero-order valence-electron chi connectivity index (χ0n) is 15.5. The Kier molecular flexibility index (Phi) is 4.78. The van der Waals surface area contributed by atoms with Crippen LogP contribution in [0.5, 0.6) is 0 Å². The van der Waals surface area contributed by atoms with E-state index in [4.69, 9.17) is 0 Å². The topological polar surface area (TPSA) is 45.5 Å². The number of fused-ring (bicyclic) bond motifs is 1. The molecule has 0 saturated carbocycles. The van der Waals surface area contributed by atoms with Crippen molar-refractivity contribution >= 4 is 11.3 Å². The number of benzene rings is 1. The van der Waals surface area contributed by atoms with Crippen LogP contribution in [0.25, 0.3) is 5.65 Å². The van der Waals surface area contributed by atoms with Crippen molar-refractivity contribution in [1.29, 1.82) is 0 Å². The molecule has 1 N–H and O–H groups in total. The van der Waals surface area contributed by atoms with Crippen LogP contribution in [0.1, 0.15) is 35.7 Å². The number of aryl methyl sites for hydroxylation is 1. The minimum Gasteiger partial charge on any atom is -0.384 e. The molecule has 1 atom stereocenters. The molecule has 2 aromatic heterocycles. The van der Waals surface area contributed by atoms with Gasteiger partial charge in [-0.25, -0.2) is 18.3 Å². The molecule has 1 aliphatic rings. The first kappa shape index (κ1) is 17.9. The predicted molar refractivity (Wildman–Crippen MR) is 101 cm³/mol. The van der Waals surface area contributed by atoms with Crippen LogP contribution >= 0.6 is 0 Å². The number of aromatic nitrogens is 3. The lowest BCUT2D eigenvalue weighted by Crippen LogP contribution is -2.34. The van der Waals surface area contributed by atoms with Crippen molar-refractivity contribution in [1.82, 2.24) is 19.5 Å². The molecule has 5 nitrogen and oxygen atoms in total. The molecule has 1 aromatic carbocycles. The van der Waals surface area contributed by atoms with E-state index in [2.05, 4.69) is 20.3 Å². The third-order valence-electron chi connectivity index (χ3n) is 5.29. The third kappa shape index (κ3) is 3.39. The lowest BCUT2D eigenvalue weighted by Gasteiger charge is -2.33. The van der Waals surface area contributed by atoms with Gasteiger partial charge in [0, 0.05) is 32.3 Å². The van der Waals surface area contributed by atoms with E-state index in [0.29, 0.717) is 12.5 Å². The summed E-state index contributed by atoms with van der Waals surface area (Å²) in [7, 11) is 1.88. The normalized spacial score (nSPS) is 18.1. The highest BCUT2D eigenvalue weighted by Crippen LogP contribution is 2.30. The summed E-state index contributed by atoms with van der Waals surface area (Å²) in [6.45, 7) is 4.39. The fraction of sp³-hybridized carbons (Fsp3) is 0.400. The average Bonchev–Trinajstić information content (AvgIpc) is 3.00. The second-order valence-corrected chi connectivity index (χ2v) is 7.14. The standard InChI is InChI=1S/C20H23F2N5/c1-13-19(23-2)20-24-8-7-18(27(20)25-13)15-4-3-9-26(12-15)11-14-5-6-16(21)17(22)10-14/h5-8,10,15,23H,3-4,9,11-12H2,1-2H3. The van der Waals surface area contributed by atoms with E-state index in [0.717, 1.165) is 54.2 Å². The van der Waals surface area contributed by atoms with Crippen molar-refractivity contribution in [2.75, 3.05) is 25.5 Å². The van der Waals surface area contributed by atoms with E-state index in [1.165, 1.54) is 12.1 Å². The van der Waals surface area contributed by atoms with E-state index >= 15 is 0 Å². The Balaban J connectivity index is 1.58. The monoisotopic (exact) mass is 371 g/mol. The summed E-state index contributed by atoms with van der Waals surface area (Å²) in [5, 5.41) is 7.85. The van der Waals surface area contributed by atoms with Crippen LogP contribution in [0.3, 0.4) is 0 Å². The number of piperidine rings is 1. The summed E-state index contributed by atoms with van der Waals surface area (Å²) < 4.78 is 28.6. The van der Waals surface area contributed by atoms with Gasteiger partial charge in [-0.15, -0.1) is 0 Å². The van der Waals surface area contributed by atoms with Crippen LogP contribution < -0.4 is 5.32 Å². The maximum absolute atomic E-state index is 13.5. The van der Waals surface area contributed by atoms with Crippen LogP contribution in [-0.4, -0.2) is 39.6 Å². The molecule has 1 saturated heterocycles. The predicted octanol–water partition coefficient (Wildman–Crippen LogP) is 3.74. The molecule has 7 heteroatoms. The maximum atomic E-state index is 13.5. The van der Waals surface area contributed by atoms with Gasteiger partial charge in [-0.1, -0.05) is 6.07 Å². The summed E-state index contributed by atoms with van der Waals surface area (Å²) in [5.74, 6) is -1.27. The highest BCUT2D eigenvalue weighted by Gasteiger charge is 2.25. The van der Waals surface area contributed by atoms with E-state index < -0.39 is 11.6 Å². The molecule has 0 spiro atoms. The van der Waals surface area contributed by atoms with Gasteiger partial charge >= 0.3 is 0 Å². The molecule has 0 aliphatic carbocycles. The number of halogens is 2. The molecular weight excluding hydrogens is 348 g/mol. The minimum absolute atomic E-state index is 0.318. The first-order chi connectivity index (χ1) is 13.1. The summed E-state index contributed by atoms with van der Waals surface area (Å²) in [6, 6.07) is 6.18. The fourth-order valence-corrected chi connectivity index (χ4v) is 4.01. The number of hydrogen-bond acceptors (Lipinski definition) is 4. The second-order valence-electron chi connectivity index (χ2n) is 7.14. The molecule has 1 fully saturated rings. The SMILES string of the molecule is CNc1c(C)nn2c(C3CCCN(Cc4ccc(F)c(F)c4)C3)ccnc12. The minimum atomic E-state index is -0.802. The fourth-order valence-electron chi connectivity index (χ4n) is 4.01. The molecule has 142 valence electrons.